The van der Waals surface area contributed by atoms with Crippen LogP contribution >= 0.6 is 11.6 Å². The fraction of sp³-hybridized carbons (Fsp3) is 0.278. The van der Waals surface area contributed by atoms with Gasteiger partial charge in [0.1, 0.15) is 17.3 Å². The Kier molecular flexibility index (Phi) is 5.75. The Labute approximate surface area is 160 Å². The summed E-state index contributed by atoms with van der Waals surface area (Å²) in [5, 5.41) is 11.3. The van der Waals surface area contributed by atoms with Gasteiger partial charge in [-0.2, -0.15) is 10.2 Å². The molecule has 0 spiro atoms. The monoisotopic (exact) mass is 391 g/mol. The molecule has 0 aliphatic rings. The molecule has 3 aromatic rings. The zero-order valence-corrected chi connectivity index (χ0v) is 15.7. The van der Waals surface area contributed by atoms with Crippen LogP contribution in [0.1, 0.15) is 36.1 Å². The molecule has 1 amide bonds. The van der Waals surface area contributed by atoms with E-state index in [1.807, 2.05) is 24.6 Å². The van der Waals surface area contributed by atoms with Crippen LogP contribution in [0.3, 0.4) is 0 Å². The number of nitrogens with zero attached hydrogens (tertiary/aromatic N) is 4. The number of hydrogen-bond acceptors (Lipinski definition) is 4. The average molecular weight is 392 g/mol. The molecule has 3 rings (SSSR count). The SMILES string of the molecule is CCn1nccc1C(C)NC(=O)c1ccn(COc2ccc(F)c(Cl)c2)n1. The van der Waals surface area contributed by atoms with Crippen LogP contribution in [0.2, 0.25) is 5.02 Å². The number of rotatable bonds is 7. The lowest BCUT2D eigenvalue weighted by Crippen LogP contribution is -2.28. The second-order valence-electron chi connectivity index (χ2n) is 5.86. The highest BCUT2D eigenvalue weighted by Gasteiger charge is 2.16. The number of benzene rings is 1. The zero-order chi connectivity index (χ0) is 19.4. The van der Waals surface area contributed by atoms with Gasteiger partial charge in [0.05, 0.1) is 16.8 Å². The molecule has 9 heteroatoms. The van der Waals surface area contributed by atoms with E-state index in [0.717, 1.165) is 12.2 Å². The molecule has 0 aliphatic heterocycles. The summed E-state index contributed by atoms with van der Waals surface area (Å²) in [5.74, 6) is -0.403. The Morgan fingerprint density at radius 2 is 2.19 bits per heavy atom. The van der Waals surface area contributed by atoms with Gasteiger partial charge < -0.3 is 10.1 Å². The second-order valence-corrected chi connectivity index (χ2v) is 6.26. The van der Waals surface area contributed by atoms with E-state index in [1.54, 1.807) is 18.5 Å². The summed E-state index contributed by atoms with van der Waals surface area (Å²) in [6, 6.07) is 7.34. The molecule has 1 aromatic carbocycles. The molecule has 0 fully saturated rings. The molecule has 1 unspecified atom stereocenters. The first kappa shape index (κ1) is 18.9. The molecule has 1 N–H and O–H groups in total. The molecule has 0 aliphatic carbocycles. The smallest absolute Gasteiger partial charge is 0.272 e. The molecule has 1 atom stereocenters. The summed E-state index contributed by atoms with van der Waals surface area (Å²) in [7, 11) is 0. The highest BCUT2D eigenvalue weighted by Crippen LogP contribution is 2.21. The first-order valence-corrected chi connectivity index (χ1v) is 8.79. The minimum Gasteiger partial charge on any atom is -0.471 e. The van der Waals surface area contributed by atoms with Gasteiger partial charge in [-0.3, -0.25) is 9.48 Å². The van der Waals surface area contributed by atoms with Crippen molar-refractivity contribution in [3.63, 3.8) is 0 Å². The number of carbonyl (C=O) groups excluding carboxylic acids is 1. The average Bonchev–Trinajstić information content (AvgIpc) is 3.31. The fourth-order valence-electron chi connectivity index (χ4n) is 2.58. The van der Waals surface area contributed by atoms with Gasteiger partial charge in [0.2, 0.25) is 0 Å². The van der Waals surface area contributed by atoms with Crippen LogP contribution in [0, 0.1) is 5.82 Å². The van der Waals surface area contributed by atoms with Crippen LogP contribution in [-0.4, -0.2) is 25.5 Å². The van der Waals surface area contributed by atoms with E-state index in [2.05, 4.69) is 15.5 Å². The van der Waals surface area contributed by atoms with Crippen LogP contribution in [-0.2, 0) is 13.3 Å². The summed E-state index contributed by atoms with van der Waals surface area (Å²) in [5.41, 5.74) is 1.19. The van der Waals surface area contributed by atoms with Crippen molar-refractivity contribution < 1.29 is 13.9 Å². The van der Waals surface area contributed by atoms with Crippen molar-refractivity contribution >= 4 is 17.5 Å². The molecule has 0 radical (unpaired) electrons. The topological polar surface area (TPSA) is 74.0 Å². The van der Waals surface area contributed by atoms with Crippen LogP contribution < -0.4 is 10.1 Å². The van der Waals surface area contributed by atoms with Crippen LogP contribution in [0.25, 0.3) is 0 Å². The standard InChI is InChI=1S/C18H19ClFN5O2/c1-3-25-17(6-8-21-25)12(2)22-18(26)16-7-9-24(23-16)11-27-13-4-5-15(20)14(19)10-13/h4-10,12H,3,11H2,1-2H3,(H,22,26). The number of hydrogen-bond donors (Lipinski definition) is 1. The van der Waals surface area contributed by atoms with E-state index in [4.69, 9.17) is 16.3 Å². The van der Waals surface area contributed by atoms with E-state index < -0.39 is 5.82 Å². The van der Waals surface area contributed by atoms with E-state index >= 15 is 0 Å². The van der Waals surface area contributed by atoms with Gasteiger partial charge in [-0.05, 0) is 38.1 Å². The summed E-state index contributed by atoms with van der Waals surface area (Å²) in [6.45, 7) is 4.66. The van der Waals surface area contributed by atoms with Gasteiger partial charge in [-0.15, -0.1) is 0 Å². The van der Waals surface area contributed by atoms with Crippen LogP contribution in [0.5, 0.6) is 5.75 Å². The number of carbonyl (C=O) groups is 1. The van der Waals surface area contributed by atoms with Gasteiger partial charge in [0, 0.05) is 25.0 Å². The molecule has 2 aromatic heterocycles. The highest BCUT2D eigenvalue weighted by atomic mass is 35.5. The maximum Gasteiger partial charge on any atom is 0.272 e. The Hall–Kier alpha value is -2.87. The highest BCUT2D eigenvalue weighted by molar-refractivity contribution is 6.30. The summed E-state index contributed by atoms with van der Waals surface area (Å²) < 4.78 is 21.9. The van der Waals surface area contributed by atoms with Crippen molar-refractivity contribution in [2.45, 2.75) is 33.2 Å². The van der Waals surface area contributed by atoms with Crippen LogP contribution in [0.4, 0.5) is 4.39 Å². The van der Waals surface area contributed by atoms with Crippen molar-refractivity contribution in [1.82, 2.24) is 24.9 Å². The minimum atomic E-state index is -0.513. The van der Waals surface area contributed by atoms with E-state index in [-0.39, 0.29) is 29.4 Å². The predicted molar refractivity (Wildman–Crippen MR) is 98.0 cm³/mol. The van der Waals surface area contributed by atoms with Gasteiger partial charge in [0.25, 0.3) is 5.91 Å². The maximum atomic E-state index is 13.2. The van der Waals surface area contributed by atoms with Crippen LogP contribution in [0.15, 0.2) is 42.7 Å². The number of aromatic nitrogens is 4. The zero-order valence-electron chi connectivity index (χ0n) is 14.9. The number of ether oxygens (including phenoxy) is 1. The Bertz CT molecular complexity index is 939. The lowest BCUT2D eigenvalue weighted by atomic mass is 10.2. The first-order chi connectivity index (χ1) is 13.0. The van der Waals surface area contributed by atoms with Gasteiger partial charge in [0.15, 0.2) is 6.73 Å². The Morgan fingerprint density at radius 1 is 1.37 bits per heavy atom. The Balaban J connectivity index is 1.59. The molecular formula is C18H19ClFN5O2. The predicted octanol–water partition coefficient (Wildman–Crippen LogP) is 3.42. The van der Waals surface area contributed by atoms with E-state index in [0.29, 0.717) is 5.75 Å². The number of aryl methyl sites for hydroxylation is 1. The molecule has 0 bridgehead atoms. The summed E-state index contributed by atoms with van der Waals surface area (Å²) >= 11 is 5.72. The summed E-state index contributed by atoms with van der Waals surface area (Å²) in [4.78, 5) is 12.4. The third kappa shape index (κ3) is 4.46. The number of nitrogens with one attached hydrogen (secondary N) is 1. The molecule has 2 heterocycles. The van der Waals surface area contributed by atoms with E-state index in [1.165, 1.54) is 22.9 Å². The molecule has 142 valence electrons. The summed E-state index contributed by atoms with van der Waals surface area (Å²) in [6.07, 6.45) is 3.33. The third-order valence-corrected chi connectivity index (χ3v) is 4.26. The molecular weight excluding hydrogens is 373 g/mol. The van der Waals surface area contributed by atoms with Gasteiger partial charge in [-0.1, -0.05) is 11.6 Å². The normalized spacial score (nSPS) is 12.0. The maximum absolute atomic E-state index is 13.2. The molecule has 0 saturated carbocycles. The quantitative estimate of drug-likeness (QED) is 0.669. The van der Waals surface area contributed by atoms with Crippen molar-refractivity contribution in [3.05, 3.63) is 65.0 Å². The van der Waals surface area contributed by atoms with Gasteiger partial charge >= 0.3 is 0 Å². The second kappa shape index (κ2) is 8.22. The molecule has 27 heavy (non-hydrogen) atoms. The van der Waals surface area contributed by atoms with Crippen molar-refractivity contribution in [2.75, 3.05) is 0 Å². The minimum absolute atomic E-state index is 0.0201. The lowest BCUT2D eigenvalue weighted by molar-refractivity contribution is 0.0931. The van der Waals surface area contributed by atoms with Crippen molar-refractivity contribution in [2.24, 2.45) is 0 Å². The third-order valence-electron chi connectivity index (χ3n) is 3.97. The lowest BCUT2D eigenvalue weighted by Gasteiger charge is -2.14. The number of amides is 1. The van der Waals surface area contributed by atoms with Crippen molar-refractivity contribution in [3.8, 4) is 5.75 Å². The number of halogens is 2. The molecule has 7 nitrogen and oxygen atoms in total. The Morgan fingerprint density at radius 3 is 2.93 bits per heavy atom. The molecule has 0 saturated heterocycles. The van der Waals surface area contributed by atoms with Gasteiger partial charge in [-0.25, -0.2) is 9.07 Å². The first-order valence-electron chi connectivity index (χ1n) is 8.41. The van der Waals surface area contributed by atoms with E-state index in [9.17, 15) is 9.18 Å². The van der Waals surface area contributed by atoms with Crippen molar-refractivity contribution in [1.29, 1.82) is 0 Å². The fourth-order valence-corrected chi connectivity index (χ4v) is 2.75. The largest absolute Gasteiger partial charge is 0.471 e.